The lowest BCUT2D eigenvalue weighted by atomic mass is 10.0. The van der Waals surface area contributed by atoms with Gasteiger partial charge in [-0.25, -0.2) is 0 Å². The minimum absolute atomic E-state index is 0.325. The van der Waals surface area contributed by atoms with E-state index < -0.39 is 0 Å². The minimum atomic E-state index is 0.325. The molecule has 1 aliphatic heterocycles. The Hall–Kier alpha value is -1.52. The molecule has 2 aromatic rings. The summed E-state index contributed by atoms with van der Waals surface area (Å²) in [6.45, 7) is 2.22. The van der Waals surface area contributed by atoms with Crippen molar-refractivity contribution in [3.05, 3.63) is 58.6 Å². The third kappa shape index (κ3) is 3.77. The van der Waals surface area contributed by atoms with Gasteiger partial charge in [0, 0.05) is 29.0 Å². The van der Waals surface area contributed by atoms with E-state index in [1.165, 1.54) is 5.56 Å². The molecule has 0 aromatic heterocycles. The Bertz CT molecular complexity index is 589. The number of nitrogens with one attached hydrogen (secondary N) is 1. The highest BCUT2D eigenvalue weighted by atomic mass is 79.9. The van der Waals surface area contributed by atoms with Crippen molar-refractivity contribution in [2.24, 2.45) is 0 Å². The van der Waals surface area contributed by atoms with Crippen molar-refractivity contribution in [1.82, 2.24) is 5.32 Å². The van der Waals surface area contributed by atoms with Gasteiger partial charge < -0.3 is 14.8 Å². The Kier molecular flexibility index (Phi) is 4.78. The van der Waals surface area contributed by atoms with Crippen LogP contribution in [-0.2, 0) is 0 Å². The summed E-state index contributed by atoms with van der Waals surface area (Å²) in [4.78, 5) is 0. The smallest absolute Gasteiger partial charge is 0.124 e. The van der Waals surface area contributed by atoms with E-state index in [-0.39, 0.29) is 0 Å². The second-order valence-electron chi connectivity index (χ2n) is 4.99. The highest BCUT2D eigenvalue weighted by Crippen LogP contribution is 2.33. The monoisotopic (exact) mass is 347 g/mol. The summed E-state index contributed by atoms with van der Waals surface area (Å²) in [5, 5.41) is 3.55. The van der Waals surface area contributed by atoms with Gasteiger partial charge in [-0.15, -0.1) is 0 Å². The van der Waals surface area contributed by atoms with Crippen LogP contribution >= 0.6 is 15.9 Å². The average molecular weight is 348 g/mol. The van der Waals surface area contributed by atoms with Gasteiger partial charge in [-0.1, -0.05) is 34.1 Å². The number of benzene rings is 2. The van der Waals surface area contributed by atoms with Crippen molar-refractivity contribution in [3.8, 4) is 11.5 Å². The van der Waals surface area contributed by atoms with Gasteiger partial charge in [0.15, 0.2) is 0 Å². The summed E-state index contributed by atoms with van der Waals surface area (Å²) in [5.41, 5.74) is 1.22. The first-order valence-corrected chi connectivity index (χ1v) is 7.96. The molecule has 0 fully saturated rings. The van der Waals surface area contributed by atoms with Gasteiger partial charge in [-0.05, 0) is 30.3 Å². The summed E-state index contributed by atoms with van der Waals surface area (Å²) >= 11 is 3.52. The molecular weight excluding hydrogens is 330 g/mol. The molecule has 0 aliphatic carbocycles. The van der Waals surface area contributed by atoms with Gasteiger partial charge >= 0.3 is 0 Å². The maximum atomic E-state index is 5.71. The molecular formula is C17H18BrNO2. The SMILES string of the molecule is Brc1ccc2c(c1)C(NCCOc1ccccc1)CCO2. The molecule has 0 amide bonds. The van der Waals surface area contributed by atoms with Gasteiger partial charge in [-0.2, -0.15) is 0 Å². The van der Waals surface area contributed by atoms with Crippen LogP contribution in [0.5, 0.6) is 11.5 Å². The molecule has 0 saturated carbocycles. The molecule has 110 valence electrons. The lowest BCUT2D eigenvalue weighted by Gasteiger charge is -2.27. The van der Waals surface area contributed by atoms with E-state index in [0.29, 0.717) is 12.6 Å². The molecule has 1 N–H and O–H groups in total. The number of fused-ring (bicyclic) bond motifs is 1. The zero-order valence-corrected chi connectivity index (χ0v) is 13.3. The fourth-order valence-corrected chi connectivity index (χ4v) is 2.87. The number of para-hydroxylation sites is 1. The van der Waals surface area contributed by atoms with Crippen LogP contribution in [0.4, 0.5) is 0 Å². The lowest BCUT2D eigenvalue weighted by Crippen LogP contribution is -2.30. The van der Waals surface area contributed by atoms with Crippen molar-refractivity contribution in [2.75, 3.05) is 19.8 Å². The van der Waals surface area contributed by atoms with Crippen molar-refractivity contribution >= 4 is 15.9 Å². The molecule has 1 unspecified atom stereocenters. The first-order valence-electron chi connectivity index (χ1n) is 7.16. The van der Waals surface area contributed by atoms with Crippen LogP contribution in [0.25, 0.3) is 0 Å². The molecule has 0 bridgehead atoms. The Morgan fingerprint density at radius 2 is 2.05 bits per heavy atom. The first-order chi connectivity index (χ1) is 10.3. The average Bonchev–Trinajstić information content (AvgIpc) is 2.53. The van der Waals surface area contributed by atoms with Crippen LogP contribution in [0.1, 0.15) is 18.0 Å². The van der Waals surface area contributed by atoms with Gasteiger partial charge in [0.1, 0.15) is 18.1 Å². The Morgan fingerprint density at radius 1 is 1.19 bits per heavy atom. The normalized spacial score (nSPS) is 16.9. The minimum Gasteiger partial charge on any atom is -0.493 e. The summed E-state index contributed by atoms with van der Waals surface area (Å²) < 4.78 is 12.5. The third-order valence-electron chi connectivity index (χ3n) is 3.52. The first kappa shape index (κ1) is 14.4. The molecule has 1 aliphatic rings. The number of hydrogen-bond donors (Lipinski definition) is 1. The predicted molar refractivity (Wildman–Crippen MR) is 86.9 cm³/mol. The van der Waals surface area contributed by atoms with Gasteiger partial charge in [0.25, 0.3) is 0 Å². The van der Waals surface area contributed by atoms with Crippen LogP contribution in [0.15, 0.2) is 53.0 Å². The van der Waals surface area contributed by atoms with Crippen LogP contribution in [-0.4, -0.2) is 19.8 Å². The van der Waals surface area contributed by atoms with E-state index in [0.717, 1.165) is 35.5 Å². The molecule has 0 spiro atoms. The van der Waals surface area contributed by atoms with E-state index in [4.69, 9.17) is 9.47 Å². The molecule has 2 aromatic carbocycles. The fraction of sp³-hybridized carbons (Fsp3) is 0.294. The third-order valence-corrected chi connectivity index (χ3v) is 4.01. The molecule has 3 rings (SSSR count). The quantitative estimate of drug-likeness (QED) is 0.831. The largest absolute Gasteiger partial charge is 0.493 e. The Balaban J connectivity index is 1.54. The Labute approximate surface area is 133 Å². The zero-order valence-electron chi connectivity index (χ0n) is 11.7. The highest BCUT2D eigenvalue weighted by molar-refractivity contribution is 9.10. The summed E-state index contributed by atoms with van der Waals surface area (Å²) in [7, 11) is 0. The number of hydrogen-bond acceptors (Lipinski definition) is 3. The standard InChI is InChI=1S/C17H18BrNO2/c18-13-6-7-17-15(12-13)16(8-10-21-17)19-9-11-20-14-4-2-1-3-5-14/h1-7,12,16,19H,8-11H2. The topological polar surface area (TPSA) is 30.5 Å². The lowest BCUT2D eigenvalue weighted by molar-refractivity contribution is 0.242. The van der Waals surface area contributed by atoms with Crippen molar-refractivity contribution < 1.29 is 9.47 Å². The molecule has 1 atom stereocenters. The number of rotatable bonds is 5. The van der Waals surface area contributed by atoms with Crippen molar-refractivity contribution in [1.29, 1.82) is 0 Å². The van der Waals surface area contributed by atoms with Crippen molar-refractivity contribution in [2.45, 2.75) is 12.5 Å². The van der Waals surface area contributed by atoms with E-state index >= 15 is 0 Å². The van der Waals surface area contributed by atoms with E-state index in [1.807, 2.05) is 42.5 Å². The van der Waals surface area contributed by atoms with Gasteiger partial charge in [0.2, 0.25) is 0 Å². The van der Waals surface area contributed by atoms with Crippen LogP contribution < -0.4 is 14.8 Å². The molecule has 0 saturated heterocycles. The summed E-state index contributed by atoms with van der Waals surface area (Å²) in [5.74, 6) is 1.89. The summed E-state index contributed by atoms with van der Waals surface area (Å²) in [6.07, 6.45) is 0.981. The number of ether oxygens (including phenoxy) is 2. The second-order valence-corrected chi connectivity index (χ2v) is 5.90. The number of halogens is 1. The van der Waals surface area contributed by atoms with E-state index in [9.17, 15) is 0 Å². The van der Waals surface area contributed by atoms with E-state index in [2.05, 4.69) is 27.3 Å². The highest BCUT2D eigenvalue weighted by Gasteiger charge is 2.20. The second kappa shape index (κ2) is 6.96. The molecule has 4 heteroatoms. The zero-order chi connectivity index (χ0) is 14.5. The fourth-order valence-electron chi connectivity index (χ4n) is 2.50. The Morgan fingerprint density at radius 3 is 2.90 bits per heavy atom. The maximum Gasteiger partial charge on any atom is 0.124 e. The molecule has 1 heterocycles. The summed E-state index contributed by atoms with van der Waals surface area (Å²) in [6, 6.07) is 16.4. The van der Waals surface area contributed by atoms with Crippen LogP contribution in [0.3, 0.4) is 0 Å². The van der Waals surface area contributed by atoms with Gasteiger partial charge in [0.05, 0.1) is 6.61 Å². The molecule has 0 radical (unpaired) electrons. The molecule has 3 nitrogen and oxygen atoms in total. The van der Waals surface area contributed by atoms with Crippen LogP contribution in [0, 0.1) is 0 Å². The predicted octanol–water partition coefficient (Wildman–Crippen LogP) is 3.94. The van der Waals surface area contributed by atoms with E-state index in [1.54, 1.807) is 0 Å². The van der Waals surface area contributed by atoms with Crippen molar-refractivity contribution in [3.63, 3.8) is 0 Å². The van der Waals surface area contributed by atoms with Crippen LogP contribution in [0.2, 0.25) is 0 Å². The maximum absolute atomic E-state index is 5.71. The van der Waals surface area contributed by atoms with Gasteiger partial charge in [-0.3, -0.25) is 0 Å². The molecule has 21 heavy (non-hydrogen) atoms.